The highest BCUT2D eigenvalue weighted by molar-refractivity contribution is 5.75. The van der Waals surface area contributed by atoms with Gasteiger partial charge in [0.05, 0.1) is 0 Å². The summed E-state index contributed by atoms with van der Waals surface area (Å²) >= 11 is 0. The summed E-state index contributed by atoms with van der Waals surface area (Å²) in [6.45, 7) is 1.79. The molecule has 82 valence electrons. The number of hydrogen-bond donors (Lipinski definition) is 0. The predicted octanol–water partition coefficient (Wildman–Crippen LogP) is -0.0838. The predicted molar refractivity (Wildman–Crippen MR) is 55.9 cm³/mol. The van der Waals surface area contributed by atoms with Gasteiger partial charge in [-0.3, -0.25) is 9.36 Å². The number of ketones is 1. The Morgan fingerprint density at radius 3 is 2.67 bits per heavy atom. The maximum atomic E-state index is 11.5. The van der Waals surface area contributed by atoms with E-state index in [2.05, 4.69) is 0 Å². The molecule has 1 aromatic heterocycles. The Morgan fingerprint density at radius 1 is 1.40 bits per heavy atom. The Bertz CT molecular complexity index is 470. The highest BCUT2D eigenvalue weighted by Crippen LogP contribution is 1.91. The van der Waals surface area contributed by atoms with Gasteiger partial charge in [0.1, 0.15) is 5.78 Å². The first-order chi connectivity index (χ1) is 7.02. The second-order valence-corrected chi connectivity index (χ2v) is 3.50. The Hall–Kier alpha value is -1.65. The van der Waals surface area contributed by atoms with Crippen LogP contribution >= 0.6 is 0 Å². The molecule has 0 aliphatic heterocycles. The molecule has 0 saturated carbocycles. The van der Waals surface area contributed by atoms with Crippen LogP contribution in [-0.4, -0.2) is 14.9 Å². The van der Waals surface area contributed by atoms with Gasteiger partial charge in [-0.15, -0.1) is 0 Å². The van der Waals surface area contributed by atoms with Crippen molar-refractivity contribution in [2.75, 3.05) is 0 Å². The van der Waals surface area contributed by atoms with Crippen molar-refractivity contribution in [3.8, 4) is 0 Å². The van der Waals surface area contributed by atoms with Gasteiger partial charge in [-0.05, 0) is 13.3 Å². The molecule has 0 unspecified atom stereocenters. The van der Waals surface area contributed by atoms with Crippen LogP contribution in [0.3, 0.4) is 0 Å². The largest absolute Gasteiger partial charge is 0.330 e. The van der Waals surface area contributed by atoms with Crippen molar-refractivity contribution >= 4 is 5.78 Å². The molecule has 1 rings (SSSR count). The topological polar surface area (TPSA) is 61.1 Å². The summed E-state index contributed by atoms with van der Waals surface area (Å²) in [5.74, 6) is 0.0656. The summed E-state index contributed by atoms with van der Waals surface area (Å²) in [4.78, 5) is 33.5. The van der Waals surface area contributed by atoms with Crippen molar-refractivity contribution < 1.29 is 4.79 Å². The van der Waals surface area contributed by atoms with E-state index in [0.717, 1.165) is 4.57 Å². The van der Waals surface area contributed by atoms with E-state index in [1.165, 1.54) is 23.8 Å². The van der Waals surface area contributed by atoms with Gasteiger partial charge in [0.2, 0.25) is 0 Å². The number of aryl methyl sites for hydroxylation is 1. The van der Waals surface area contributed by atoms with Gasteiger partial charge in [0.15, 0.2) is 0 Å². The van der Waals surface area contributed by atoms with Crippen molar-refractivity contribution in [1.29, 1.82) is 0 Å². The molecule has 0 radical (unpaired) electrons. The Kier molecular flexibility index (Phi) is 3.60. The van der Waals surface area contributed by atoms with E-state index in [-0.39, 0.29) is 17.0 Å². The summed E-state index contributed by atoms with van der Waals surface area (Å²) in [5, 5.41) is 0. The van der Waals surface area contributed by atoms with E-state index < -0.39 is 0 Å². The molecule has 0 spiro atoms. The zero-order chi connectivity index (χ0) is 11.4. The fourth-order valence-electron chi connectivity index (χ4n) is 1.31. The molecule has 1 aromatic rings. The first-order valence-electron chi connectivity index (χ1n) is 4.78. The van der Waals surface area contributed by atoms with Gasteiger partial charge in [0.25, 0.3) is 5.56 Å². The van der Waals surface area contributed by atoms with Gasteiger partial charge >= 0.3 is 5.69 Å². The number of hydrogen-bond acceptors (Lipinski definition) is 3. The van der Waals surface area contributed by atoms with Crippen LogP contribution in [-0.2, 0) is 18.4 Å². The van der Waals surface area contributed by atoms with E-state index in [1.807, 2.05) is 0 Å². The zero-order valence-corrected chi connectivity index (χ0v) is 8.90. The molecule has 0 aliphatic carbocycles. The molecule has 0 aliphatic rings. The summed E-state index contributed by atoms with van der Waals surface area (Å²) in [6.07, 6.45) is 2.35. The monoisotopic (exact) mass is 210 g/mol. The molecule has 5 nitrogen and oxygen atoms in total. The SMILES string of the molecule is CC(=O)CCCn1c(=O)ccn(C)c1=O. The molecule has 0 N–H and O–H groups in total. The van der Waals surface area contributed by atoms with E-state index in [1.54, 1.807) is 7.05 Å². The molecule has 0 atom stereocenters. The minimum absolute atomic E-state index is 0.0656. The molecule has 0 fully saturated rings. The molecule has 5 heteroatoms. The lowest BCUT2D eigenvalue weighted by atomic mass is 10.2. The Balaban J connectivity index is 2.85. The minimum Gasteiger partial charge on any atom is -0.303 e. The Labute approximate surface area is 87.0 Å². The van der Waals surface area contributed by atoms with Crippen LogP contribution < -0.4 is 11.2 Å². The normalized spacial score (nSPS) is 10.3. The second kappa shape index (κ2) is 4.72. The van der Waals surface area contributed by atoms with Crippen LogP contribution in [0.4, 0.5) is 0 Å². The summed E-state index contributed by atoms with van der Waals surface area (Å²) in [7, 11) is 1.59. The molecule has 1 heterocycles. The van der Waals surface area contributed by atoms with Gasteiger partial charge in [-0.1, -0.05) is 0 Å². The third kappa shape index (κ3) is 2.90. The highest BCUT2D eigenvalue weighted by Gasteiger charge is 2.02. The van der Waals surface area contributed by atoms with Crippen LogP contribution in [0, 0.1) is 0 Å². The zero-order valence-electron chi connectivity index (χ0n) is 8.90. The molecular formula is C10H14N2O3. The summed E-state index contributed by atoms with van der Waals surface area (Å²) < 4.78 is 2.48. The average molecular weight is 210 g/mol. The maximum absolute atomic E-state index is 11.5. The fourth-order valence-corrected chi connectivity index (χ4v) is 1.31. The Morgan fingerprint density at radius 2 is 2.07 bits per heavy atom. The smallest absolute Gasteiger partial charge is 0.303 e. The fraction of sp³-hybridized carbons (Fsp3) is 0.500. The van der Waals surface area contributed by atoms with Crippen molar-refractivity contribution in [2.24, 2.45) is 7.05 Å². The van der Waals surface area contributed by atoms with Gasteiger partial charge in [-0.2, -0.15) is 0 Å². The third-order valence-corrected chi connectivity index (χ3v) is 2.15. The van der Waals surface area contributed by atoms with Crippen molar-refractivity contribution in [3.05, 3.63) is 33.1 Å². The van der Waals surface area contributed by atoms with E-state index in [0.29, 0.717) is 19.4 Å². The average Bonchev–Trinajstić information content (AvgIpc) is 2.17. The summed E-state index contributed by atoms with van der Waals surface area (Å²) in [6, 6.07) is 1.34. The number of aromatic nitrogens is 2. The highest BCUT2D eigenvalue weighted by atomic mass is 16.2. The van der Waals surface area contributed by atoms with Crippen molar-refractivity contribution in [3.63, 3.8) is 0 Å². The van der Waals surface area contributed by atoms with Crippen molar-refractivity contribution in [2.45, 2.75) is 26.3 Å². The lowest BCUT2D eigenvalue weighted by Crippen LogP contribution is -2.37. The van der Waals surface area contributed by atoms with Gasteiger partial charge in [-0.25, -0.2) is 4.79 Å². The van der Waals surface area contributed by atoms with Gasteiger partial charge < -0.3 is 9.36 Å². The quantitative estimate of drug-likeness (QED) is 0.698. The van der Waals surface area contributed by atoms with Crippen LogP contribution in [0.15, 0.2) is 21.9 Å². The first kappa shape index (κ1) is 11.4. The van der Waals surface area contributed by atoms with E-state index in [4.69, 9.17) is 0 Å². The lowest BCUT2D eigenvalue weighted by molar-refractivity contribution is -0.117. The summed E-state index contributed by atoms with van der Waals surface area (Å²) in [5.41, 5.74) is -0.660. The maximum Gasteiger partial charge on any atom is 0.330 e. The third-order valence-electron chi connectivity index (χ3n) is 2.15. The molecule has 15 heavy (non-hydrogen) atoms. The van der Waals surface area contributed by atoms with Crippen LogP contribution in [0.2, 0.25) is 0 Å². The lowest BCUT2D eigenvalue weighted by Gasteiger charge is -2.04. The number of carbonyl (C=O) groups excluding carboxylic acids is 1. The molecule has 0 bridgehead atoms. The number of rotatable bonds is 4. The van der Waals surface area contributed by atoms with Crippen LogP contribution in [0.25, 0.3) is 0 Å². The van der Waals surface area contributed by atoms with Crippen molar-refractivity contribution in [1.82, 2.24) is 9.13 Å². The molecule has 0 saturated heterocycles. The minimum atomic E-state index is -0.342. The molecule has 0 amide bonds. The molecular weight excluding hydrogens is 196 g/mol. The van der Waals surface area contributed by atoms with Gasteiger partial charge in [0, 0.05) is 32.3 Å². The van der Waals surface area contributed by atoms with E-state index >= 15 is 0 Å². The first-order valence-corrected chi connectivity index (χ1v) is 4.78. The number of Topliss-reactive ketones (excluding diaryl/α,β-unsaturated/α-hetero) is 1. The second-order valence-electron chi connectivity index (χ2n) is 3.50. The van der Waals surface area contributed by atoms with Crippen LogP contribution in [0.5, 0.6) is 0 Å². The van der Waals surface area contributed by atoms with Crippen LogP contribution in [0.1, 0.15) is 19.8 Å². The molecule has 0 aromatic carbocycles. The number of carbonyl (C=O) groups is 1. The van der Waals surface area contributed by atoms with E-state index in [9.17, 15) is 14.4 Å². The number of nitrogens with zero attached hydrogens (tertiary/aromatic N) is 2. The standard InChI is InChI=1S/C10H14N2O3/c1-8(13)4-3-6-12-9(14)5-7-11(2)10(12)15/h5,7H,3-4,6H2,1-2H3.